The molecule has 1 atom stereocenters. The van der Waals surface area contributed by atoms with Gasteiger partial charge >= 0.3 is 0 Å². The van der Waals surface area contributed by atoms with Crippen LogP contribution in [0, 0.1) is 0 Å². The van der Waals surface area contributed by atoms with Crippen LogP contribution in [0.25, 0.3) is 0 Å². The van der Waals surface area contributed by atoms with Crippen molar-refractivity contribution in [2.45, 2.75) is 37.8 Å². The molecule has 2 aromatic rings. The van der Waals surface area contributed by atoms with Gasteiger partial charge in [0, 0.05) is 24.5 Å². The largest absolute Gasteiger partial charge is 0.291 e. The predicted octanol–water partition coefficient (Wildman–Crippen LogP) is 2.83. The zero-order valence-corrected chi connectivity index (χ0v) is 16.0. The summed E-state index contributed by atoms with van der Waals surface area (Å²) in [5.41, 5.74) is 3.00. The van der Waals surface area contributed by atoms with Crippen LogP contribution in [0.1, 0.15) is 30.4 Å². The zero-order chi connectivity index (χ0) is 18.2. The van der Waals surface area contributed by atoms with E-state index in [2.05, 4.69) is 22.0 Å². The summed E-state index contributed by atoms with van der Waals surface area (Å²) in [5, 5.41) is 0. The molecule has 5 nitrogen and oxygen atoms in total. The van der Waals surface area contributed by atoms with Crippen molar-refractivity contribution < 1.29 is 8.42 Å². The van der Waals surface area contributed by atoms with Gasteiger partial charge in [0.05, 0.1) is 18.5 Å². The number of likely N-dealkylation sites (tertiary alicyclic amines) is 1. The maximum Gasteiger partial charge on any atom is 0.232 e. The summed E-state index contributed by atoms with van der Waals surface area (Å²) in [6.07, 6.45) is 9.23. The molecule has 0 saturated carbocycles. The lowest BCUT2D eigenvalue weighted by Gasteiger charge is -2.52. The van der Waals surface area contributed by atoms with E-state index >= 15 is 0 Å². The molecule has 0 radical (unpaired) electrons. The topological polar surface area (TPSA) is 53.5 Å². The Morgan fingerprint density at radius 3 is 2.77 bits per heavy atom. The van der Waals surface area contributed by atoms with E-state index in [0.29, 0.717) is 6.54 Å². The quantitative estimate of drug-likeness (QED) is 0.833. The highest BCUT2D eigenvalue weighted by atomic mass is 32.2. The average Bonchev–Trinajstić information content (AvgIpc) is 2.63. The molecule has 138 valence electrons. The van der Waals surface area contributed by atoms with E-state index in [-0.39, 0.29) is 5.54 Å². The van der Waals surface area contributed by atoms with Crippen LogP contribution in [-0.4, -0.2) is 43.2 Å². The molecule has 0 amide bonds. The maximum atomic E-state index is 12.5. The highest BCUT2D eigenvalue weighted by molar-refractivity contribution is 7.92. The van der Waals surface area contributed by atoms with Gasteiger partial charge in [-0.3, -0.25) is 14.2 Å². The summed E-state index contributed by atoms with van der Waals surface area (Å²) in [5.74, 6) is 0. The minimum Gasteiger partial charge on any atom is -0.291 e. The van der Waals surface area contributed by atoms with Crippen LogP contribution in [0.4, 0.5) is 5.69 Å². The van der Waals surface area contributed by atoms with Crippen molar-refractivity contribution in [1.82, 2.24) is 9.88 Å². The molecule has 1 spiro atoms. The molecule has 1 aromatic carbocycles. The van der Waals surface area contributed by atoms with Gasteiger partial charge in [0.15, 0.2) is 0 Å². The first-order valence-corrected chi connectivity index (χ1v) is 11.0. The maximum absolute atomic E-state index is 12.5. The zero-order valence-electron chi connectivity index (χ0n) is 15.1. The number of anilines is 1. The fourth-order valence-electron chi connectivity index (χ4n) is 4.45. The number of hydrogen-bond donors (Lipinski definition) is 0. The van der Waals surface area contributed by atoms with Gasteiger partial charge in [0.1, 0.15) is 0 Å². The van der Waals surface area contributed by atoms with Crippen LogP contribution >= 0.6 is 0 Å². The lowest BCUT2D eigenvalue weighted by Crippen LogP contribution is -2.61. The third kappa shape index (κ3) is 3.23. The molecule has 6 heteroatoms. The van der Waals surface area contributed by atoms with E-state index in [1.165, 1.54) is 11.8 Å². The Bertz CT molecular complexity index is 885. The van der Waals surface area contributed by atoms with Crippen molar-refractivity contribution in [3.05, 3.63) is 59.9 Å². The molecule has 4 rings (SSSR count). The van der Waals surface area contributed by atoms with E-state index in [4.69, 9.17) is 0 Å². The Hall–Kier alpha value is -1.92. The number of sulfonamides is 1. The first-order valence-electron chi connectivity index (χ1n) is 9.18. The smallest absolute Gasteiger partial charge is 0.232 e. The normalized spacial score (nSPS) is 23.8. The summed E-state index contributed by atoms with van der Waals surface area (Å²) in [7, 11) is -3.32. The van der Waals surface area contributed by atoms with Gasteiger partial charge in [0.2, 0.25) is 10.0 Å². The minimum atomic E-state index is -3.32. The van der Waals surface area contributed by atoms with Crippen molar-refractivity contribution in [2.75, 3.05) is 23.7 Å². The molecule has 1 fully saturated rings. The summed E-state index contributed by atoms with van der Waals surface area (Å²) in [6, 6.07) is 12.0. The third-order valence-corrected chi connectivity index (χ3v) is 6.83. The number of fused-ring (bicyclic) bond motifs is 1. The van der Waals surface area contributed by atoms with Crippen LogP contribution in [0.5, 0.6) is 0 Å². The number of para-hydroxylation sites is 1. The fourth-order valence-corrected chi connectivity index (χ4v) is 5.46. The van der Waals surface area contributed by atoms with Crippen molar-refractivity contribution in [1.29, 1.82) is 0 Å². The number of piperidine rings is 1. The van der Waals surface area contributed by atoms with Crippen LogP contribution in [0.3, 0.4) is 0 Å². The number of nitrogens with zero attached hydrogens (tertiary/aromatic N) is 3. The second kappa shape index (κ2) is 6.67. The third-order valence-electron chi connectivity index (χ3n) is 5.71. The van der Waals surface area contributed by atoms with Crippen molar-refractivity contribution in [2.24, 2.45) is 0 Å². The van der Waals surface area contributed by atoms with Gasteiger partial charge in [0.25, 0.3) is 0 Å². The standard InChI is InChI=1S/C20H25N3O2S/c1-26(24,25)23-16-20(13-18-8-2-3-9-19(18)23)10-4-5-12-22(20)15-17-7-6-11-21-14-17/h2-3,6-9,11,14H,4-5,10,12-13,15-16H2,1H3. The lowest BCUT2D eigenvalue weighted by atomic mass is 9.78. The number of benzene rings is 1. The molecule has 1 aromatic heterocycles. The molecule has 1 saturated heterocycles. The Labute approximate surface area is 155 Å². The Balaban J connectivity index is 1.73. The molecule has 3 heterocycles. The summed E-state index contributed by atoms with van der Waals surface area (Å²) >= 11 is 0. The summed E-state index contributed by atoms with van der Waals surface area (Å²) < 4.78 is 26.7. The fraction of sp³-hybridized carbons (Fsp3) is 0.450. The summed E-state index contributed by atoms with van der Waals surface area (Å²) in [6.45, 7) is 2.34. The number of aromatic nitrogens is 1. The number of rotatable bonds is 3. The monoisotopic (exact) mass is 371 g/mol. The first kappa shape index (κ1) is 17.5. The van der Waals surface area contributed by atoms with Gasteiger partial charge in [-0.25, -0.2) is 8.42 Å². The summed E-state index contributed by atoms with van der Waals surface area (Å²) in [4.78, 5) is 6.73. The van der Waals surface area contributed by atoms with Gasteiger partial charge < -0.3 is 0 Å². The van der Waals surface area contributed by atoms with Gasteiger partial charge in [-0.2, -0.15) is 0 Å². The highest BCUT2D eigenvalue weighted by Gasteiger charge is 2.45. The molecule has 0 bridgehead atoms. The van der Waals surface area contributed by atoms with E-state index in [1.54, 1.807) is 10.5 Å². The predicted molar refractivity (Wildman–Crippen MR) is 104 cm³/mol. The molecule has 0 aliphatic carbocycles. The van der Waals surface area contributed by atoms with E-state index in [1.807, 2.05) is 30.5 Å². The van der Waals surface area contributed by atoms with Crippen LogP contribution in [0.15, 0.2) is 48.8 Å². The van der Waals surface area contributed by atoms with E-state index in [9.17, 15) is 8.42 Å². The molecule has 2 aliphatic heterocycles. The van der Waals surface area contributed by atoms with Crippen LogP contribution < -0.4 is 4.31 Å². The number of pyridine rings is 1. The number of hydrogen-bond acceptors (Lipinski definition) is 4. The van der Waals surface area contributed by atoms with Gasteiger partial charge in [-0.05, 0) is 49.1 Å². The molecular formula is C20H25N3O2S. The van der Waals surface area contributed by atoms with Crippen LogP contribution in [-0.2, 0) is 23.0 Å². The Kier molecular flexibility index (Phi) is 4.49. The molecule has 0 N–H and O–H groups in total. The van der Waals surface area contributed by atoms with Crippen molar-refractivity contribution in [3.63, 3.8) is 0 Å². The minimum absolute atomic E-state index is 0.147. The second-order valence-corrected chi connectivity index (χ2v) is 9.45. The van der Waals surface area contributed by atoms with E-state index < -0.39 is 10.0 Å². The lowest BCUT2D eigenvalue weighted by molar-refractivity contribution is 0.0432. The van der Waals surface area contributed by atoms with Crippen molar-refractivity contribution >= 4 is 15.7 Å². The molecule has 26 heavy (non-hydrogen) atoms. The average molecular weight is 372 g/mol. The van der Waals surface area contributed by atoms with Gasteiger partial charge in [-0.15, -0.1) is 0 Å². The second-order valence-electron chi connectivity index (χ2n) is 7.54. The SMILES string of the molecule is CS(=O)(=O)N1CC2(CCCCN2Cc2cccnc2)Cc2ccccc21. The molecule has 1 unspecified atom stereocenters. The Morgan fingerprint density at radius 2 is 2.00 bits per heavy atom. The first-order chi connectivity index (χ1) is 12.5. The van der Waals surface area contributed by atoms with Crippen LogP contribution in [0.2, 0.25) is 0 Å². The highest BCUT2D eigenvalue weighted by Crippen LogP contribution is 2.41. The molecule has 2 aliphatic rings. The van der Waals surface area contributed by atoms with E-state index in [0.717, 1.165) is 50.0 Å². The Morgan fingerprint density at radius 1 is 1.15 bits per heavy atom. The molecular weight excluding hydrogens is 346 g/mol. The van der Waals surface area contributed by atoms with Crippen molar-refractivity contribution in [3.8, 4) is 0 Å². The van der Waals surface area contributed by atoms with Gasteiger partial charge in [-0.1, -0.05) is 30.7 Å².